The summed E-state index contributed by atoms with van der Waals surface area (Å²) in [6.07, 6.45) is 5.71. The lowest BCUT2D eigenvalue weighted by molar-refractivity contribution is -0.359. The maximum Gasteiger partial charge on any atom is 0.312 e. The Kier molecular flexibility index (Phi) is 6.52. The van der Waals surface area contributed by atoms with E-state index >= 15 is 0 Å². The van der Waals surface area contributed by atoms with Crippen molar-refractivity contribution >= 4 is 33.8 Å². The van der Waals surface area contributed by atoms with Crippen LogP contribution in [0.15, 0.2) is 30.3 Å². The van der Waals surface area contributed by atoms with Crippen LogP contribution in [0.5, 0.6) is 0 Å². The molecule has 12 heteroatoms. The molecule has 4 rings (SSSR count). The van der Waals surface area contributed by atoms with Crippen LogP contribution in [0.25, 0.3) is 5.70 Å². The van der Waals surface area contributed by atoms with Crippen molar-refractivity contribution in [1.29, 1.82) is 0 Å². The zero-order valence-electron chi connectivity index (χ0n) is 20.6. The highest BCUT2D eigenvalue weighted by atomic mass is 32.2. The molecule has 10 nitrogen and oxygen atoms in total. The molecule has 1 aromatic heterocycles. The molecule has 0 aliphatic carbocycles. The topological polar surface area (TPSA) is 107 Å². The van der Waals surface area contributed by atoms with E-state index in [-0.39, 0.29) is 17.7 Å². The summed E-state index contributed by atoms with van der Waals surface area (Å²) >= 11 is 0. The molecule has 1 fully saturated rings. The van der Waals surface area contributed by atoms with Crippen molar-refractivity contribution in [1.82, 2.24) is 20.1 Å². The number of nitrogens with zero attached hydrogens (tertiary/aromatic N) is 4. The lowest BCUT2D eigenvalue weighted by atomic mass is 9.96. The number of methoxy groups -OCH3 is 1. The number of rotatable bonds is 6. The molecule has 190 valence electrons. The van der Waals surface area contributed by atoms with Gasteiger partial charge in [0.1, 0.15) is 10.6 Å². The molecular formula is C23H32FN6O4S+. The van der Waals surface area contributed by atoms with Crippen LogP contribution in [0.3, 0.4) is 0 Å². The monoisotopic (exact) mass is 507 g/mol. The summed E-state index contributed by atoms with van der Waals surface area (Å²) in [5.41, 5.74) is 1.10. The summed E-state index contributed by atoms with van der Waals surface area (Å²) in [5.74, 6) is 0.105. The first-order valence-electron chi connectivity index (χ1n) is 11.5. The Balaban J connectivity index is 1.58. The van der Waals surface area contributed by atoms with Crippen molar-refractivity contribution in [3.05, 3.63) is 41.8 Å². The molecule has 1 saturated heterocycles. The van der Waals surface area contributed by atoms with E-state index in [1.165, 1.54) is 19.5 Å². The molecule has 0 aromatic carbocycles. The van der Waals surface area contributed by atoms with Gasteiger partial charge >= 0.3 is 15.9 Å². The molecule has 1 aromatic rings. The van der Waals surface area contributed by atoms with E-state index in [4.69, 9.17) is 4.74 Å². The zero-order valence-corrected chi connectivity index (χ0v) is 21.4. The van der Waals surface area contributed by atoms with E-state index in [0.29, 0.717) is 36.6 Å². The first-order chi connectivity index (χ1) is 16.4. The second-order valence-electron chi connectivity index (χ2n) is 9.90. The maximum atomic E-state index is 14.5. The van der Waals surface area contributed by atoms with Gasteiger partial charge in [0.15, 0.2) is 11.9 Å². The van der Waals surface area contributed by atoms with E-state index in [1.807, 2.05) is 0 Å². The van der Waals surface area contributed by atoms with E-state index in [9.17, 15) is 17.6 Å². The van der Waals surface area contributed by atoms with Gasteiger partial charge in [-0.1, -0.05) is 3.98 Å². The molecule has 2 N–H and O–H groups in total. The summed E-state index contributed by atoms with van der Waals surface area (Å²) in [6, 6.07) is 3.01. The molecule has 2 unspecified atom stereocenters. The number of ether oxygens (including phenoxy) is 1. The van der Waals surface area contributed by atoms with Crippen LogP contribution in [-0.2, 0) is 19.6 Å². The first-order valence-corrected chi connectivity index (χ1v) is 12.9. The van der Waals surface area contributed by atoms with Gasteiger partial charge in [0.2, 0.25) is 11.9 Å². The van der Waals surface area contributed by atoms with Gasteiger partial charge < -0.3 is 20.3 Å². The van der Waals surface area contributed by atoms with E-state index in [1.54, 1.807) is 56.0 Å². The predicted molar refractivity (Wildman–Crippen MR) is 130 cm³/mol. The van der Waals surface area contributed by atoms with E-state index in [0.717, 1.165) is 10.4 Å². The number of hydrogen-bond donors (Lipinski definition) is 2. The highest BCUT2D eigenvalue weighted by Gasteiger charge is 2.45. The number of carbonyl (C=O) groups is 1. The molecule has 3 aliphatic rings. The van der Waals surface area contributed by atoms with Crippen molar-refractivity contribution in [2.24, 2.45) is 5.92 Å². The number of likely N-dealkylation sites (tertiary alicyclic amines) is 1. The van der Waals surface area contributed by atoms with Crippen LogP contribution in [0.4, 0.5) is 10.2 Å². The molecule has 0 saturated carbocycles. The van der Waals surface area contributed by atoms with Crippen molar-refractivity contribution in [2.75, 3.05) is 32.6 Å². The Bertz CT molecular complexity index is 1220. The summed E-state index contributed by atoms with van der Waals surface area (Å²) < 4.78 is 46.3. The average Bonchev–Trinajstić information content (AvgIpc) is 3.21. The first kappa shape index (κ1) is 25.0. The average molecular weight is 508 g/mol. The molecule has 0 spiro atoms. The molecule has 4 heterocycles. The van der Waals surface area contributed by atoms with Gasteiger partial charge in [-0.2, -0.15) is 12.8 Å². The molecule has 1 amide bonds. The van der Waals surface area contributed by atoms with Crippen LogP contribution >= 0.6 is 0 Å². The van der Waals surface area contributed by atoms with Crippen molar-refractivity contribution < 1.29 is 26.3 Å². The van der Waals surface area contributed by atoms with Gasteiger partial charge in [-0.05, 0) is 39.2 Å². The normalized spacial score (nSPS) is 22.7. The number of hydrogen-bond acceptors (Lipinski definition) is 8. The summed E-state index contributed by atoms with van der Waals surface area (Å²) in [7, 11) is -0.587. The Morgan fingerprint density at radius 2 is 2.09 bits per heavy atom. The third-order valence-corrected chi connectivity index (χ3v) is 8.72. The quantitative estimate of drug-likeness (QED) is 0.443. The van der Waals surface area contributed by atoms with Gasteiger partial charge in [-0.3, -0.25) is 4.79 Å². The summed E-state index contributed by atoms with van der Waals surface area (Å²) in [4.78, 5) is 19.3. The number of amides is 1. The number of fused-ring (bicyclic) bond motifs is 1. The van der Waals surface area contributed by atoms with Crippen LogP contribution in [0.2, 0.25) is 0 Å². The maximum absolute atomic E-state index is 14.5. The van der Waals surface area contributed by atoms with Crippen LogP contribution in [-0.4, -0.2) is 77.6 Å². The SMILES string of the molecule is COC1=CC2NC=C(c3cc(F)nc(NCC4CCN(C)C(=O)C4)c3)N2C=[N+]1S(=O)(=O)C(C)(C)C. The summed E-state index contributed by atoms with van der Waals surface area (Å²) in [5, 5.41) is 6.32. The molecule has 35 heavy (non-hydrogen) atoms. The third-order valence-electron chi connectivity index (χ3n) is 6.38. The number of aromatic nitrogens is 1. The van der Waals surface area contributed by atoms with Gasteiger partial charge in [0, 0.05) is 44.4 Å². The number of sulfonamides is 1. The zero-order chi connectivity index (χ0) is 25.5. The lowest BCUT2D eigenvalue weighted by Crippen LogP contribution is -2.46. The molecule has 0 radical (unpaired) electrons. The van der Waals surface area contributed by atoms with Crippen molar-refractivity contribution in [2.45, 2.75) is 44.5 Å². The van der Waals surface area contributed by atoms with E-state index in [2.05, 4.69) is 15.6 Å². The molecular weight excluding hydrogens is 475 g/mol. The minimum atomic E-state index is -3.79. The van der Waals surface area contributed by atoms with Crippen LogP contribution in [0.1, 0.15) is 39.2 Å². The van der Waals surface area contributed by atoms with Crippen molar-refractivity contribution in [3.8, 4) is 0 Å². The predicted octanol–water partition coefficient (Wildman–Crippen LogP) is 1.70. The van der Waals surface area contributed by atoms with Gasteiger partial charge in [0.25, 0.3) is 6.34 Å². The highest BCUT2D eigenvalue weighted by Crippen LogP contribution is 2.31. The fourth-order valence-corrected chi connectivity index (χ4v) is 5.33. The van der Waals surface area contributed by atoms with Crippen LogP contribution in [0, 0.1) is 11.9 Å². The second kappa shape index (κ2) is 9.14. The minimum Gasteiger partial charge on any atom is -0.465 e. The highest BCUT2D eigenvalue weighted by molar-refractivity contribution is 7.87. The number of piperidine rings is 1. The number of anilines is 1. The Labute approximate surface area is 205 Å². The number of pyridine rings is 1. The van der Waals surface area contributed by atoms with Crippen LogP contribution < -0.4 is 10.6 Å². The molecule has 0 bridgehead atoms. The second-order valence-corrected chi connectivity index (χ2v) is 12.5. The fraction of sp³-hybridized carbons (Fsp3) is 0.522. The Morgan fingerprint density at radius 1 is 1.34 bits per heavy atom. The Morgan fingerprint density at radius 3 is 2.74 bits per heavy atom. The largest absolute Gasteiger partial charge is 0.465 e. The van der Waals surface area contributed by atoms with Gasteiger partial charge in [0.05, 0.1) is 13.2 Å². The number of halogens is 1. The number of nitrogens with one attached hydrogen (secondary N) is 2. The standard InChI is InChI=1S/C23H32FN6O4S/c1-23(2,3)35(32,33)30-14-29-17(13-26-20(29)11-22(30)34-5)16-9-18(24)27-19(10-16)25-12-15-6-7-28(4)21(31)8-15/h9-11,13-15,20,26H,6-8,12H2,1-5H3,(H,25,27)/q+1. The summed E-state index contributed by atoms with van der Waals surface area (Å²) in [6.45, 7) is 6.04. The lowest BCUT2D eigenvalue weighted by Gasteiger charge is -2.29. The number of carbonyl (C=O) groups excluding carboxylic acids is 1. The molecule has 2 atom stereocenters. The third kappa shape index (κ3) is 4.84. The fourth-order valence-electron chi connectivity index (χ4n) is 4.14. The van der Waals surface area contributed by atoms with E-state index < -0.39 is 26.9 Å². The minimum absolute atomic E-state index is 0.100. The molecule has 3 aliphatic heterocycles. The Hall–Kier alpha value is -3.15. The van der Waals surface area contributed by atoms with Crippen molar-refractivity contribution in [3.63, 3.8) is 0 Å². The smallest absolute Gasteiger partial charge is 0.312 e. The van der Waals surface area contributed by atoms with Gasteiger partial charge in [-0.25, -0.2) is 9.88 Å². The van der Waals surface area contributed by atoms with Gasteiger partial charge in [-0.15, -0.1) is 0 Å².